The van der Waals surface area contributed by atoms with E-state index in [1.165, 1.54) is 4.57 Å². The van der Waals surface area contributed by atoms with Crippen LogP contribution in [0.1, 0.15) is 55.7 Å². The summed E-state index contributed by atoms with van der Waals surface area (Å²) in [5.41, 5.74) is 1.84. The molecule has 1 N–H and O–H groups in total. The molecule has 0 saturated heterocycles. The lowest BCUT2D eigenvalue weighted by Crippen LogP contribution is -2.18. The molecular weight excluding hydrogens is 450 g/mol. The number of nitrogens with zero attached hydrogens (tertiary/aromatic N) is 2. The number of aryl methyl sites for hydroxylation is 2. The second-order valence-corrected chi connectivity index (χ2v) is 12.2. The molecule has 2 heterocycles. The number of anilines is 1. The molecule has 2 aliphatic rings. The largest absolute Gasteiger partial charge is 0.354 e. The lowest BCUT2D eigenvalue weighted by atomic mass is 10.2. The van der Waals surface area contributed by atoms with Crippen molar-refractivity contribution >= 4 is 38.9 Å². The molecule has 168 valence electrons. The fraction of sp³-hybridized carbons (Fsp3) is 0.455. The van der Waals surface area contributed by atoms with Gasteiger partial charge in [0.1, 0.15) is 5.69 Å². The van der Waals surface area contributed by atoms with Crippen LogP contribution >= 0.6 is 23.1 Å². The third-order valence-electron chi connectivity index (χ3n) is 5.19. The molecule has 3 rings (SSSR count). The van der Waals surface area contributed by atoms with Crippen LogP contribution in [-0.2, 0) is 10.0 Å². The van der Waals surface area contributed by atoms with Gasteiger partial charge in [-0.25, -0.2) is 13.2 Å². The Morgan fingerprint density at radius 1 is 1.10 bits per heavy atom. The molecule has 6 nitrogen and oxygen atoms in total. The molecule has 1 aromatic rings. The first-order valence-corrected chi connectivity index (χ1v) is 13.6. The van der Waals surface area contributed by atoms with Gasteiger partial charge in [-0.05, 0) is 45.7 Å². The van der Waals surface area contributed by atoms with E-state index < -0.39 is 15.7 Å². The molecular formula is C22H29N3O3S3. The maximum atomic E-state index is 13.0. The van der Waals surface area contributed by atoms with E-state index in [1.54, 1.807) is 47.4 Å². The first kappa shape index (κ1) is 23.8. The maximum Gasteiger partial charge on any atom is 0.354 e. The molecule has 9 heteroatoms. The number of hydrogen-bond donors (Lipinski definition) is 1. The molecule has 0 spiro atoms. The summed E-state index contributed by atoms with van der Waals surface area (Å²) in [6, 6.07) is 6.60. The molecule has 0 atom stereocenters. The third-order valence-corrected chi connectivity index (χ3v) is 9.27. The average molecular weight is 480 g/mol. The standard InChI is InChI=1S/C22H29N3O3S3/c1-6-8-17(9-7-2)30-21-19-20(23-22(26)25(19)15(4)16(5)29-21)24-31(27,28)18-12-10-14(3)11-13-18/h10-13,17H,6-9H2,1-5H3,(H,23,24,26). The minimum Gasteiger partial charge on any atom is -0.261 e. The van der Waals surface area contributed by atoms with Crippen molar-refractivity contribution in [2.75, 3.05) is 4.72 Å². The van der Waals surface area contributed by atoms with Crippen LogP contribution in [0.3, 0.4) is 0 Å². The van der Waals surface area contributed by atoms with Crippen LogP contribution in [-0.4, -0.2) is 23.2 Å². The number of aromatic nitrogens is 2. The minimum absolute atomic E-state index is 0.0965. The predicted octanol–water partition coefficient (Wildman–Crippen LogP) is 5.52. The second kappa shape index (κ2) is 9.75. The summed E-state index contributed by atoms with van der Waals surface area (Å²) < 4.78 is 31.0. The highest BCUT2D eigenvalue weighted by atomic mass is 32.2. The number of thioether (sulfide) groups is 1. The number of imidazole rings is 1. The van der Waals surface area contributed by atoms with E-state index >= 15 is 0 Å². The van der Waals surface area contributed by atoms with E-state index in [4.69, 9.17) is 0 Å². The molecule has 0 amide bonds. The van der Waals surface area contributed by atoms with Gasteiger partial charge in [-0.3, -0.25) is 9.29 Å². The van der Waals surface area contributed by atoms with Crippen molar-refractivity contribution in [3.8, 4) is 5.69 Å². The highest BCUT2D eigenvalue weighted by Crippen LogP contribution is 2.42. The Morgan fingerprint density at radius 3 is 2.29 bits per heavy atom. The van der Waals surface area contributed by atoms with Gasteiger partial charge in [0.2, 0.25) is 0 Å². The SMILES string of the molecule is CCCC(CCC)Sc1sc(C)c(C)n2c(=O)nc(NS(=O)(=O)c3ccc(C)cc3)c1-2. The minimum atomic E-state index is -3.87. The summed E-state index contributed by atoms with van der Waals surface area (Å²) in [5, 5.41) is 0.406. The van der Waals surface area contributed by atoms with Gasteiger partial charge < -0.3 is 0 Å². The summed E-state index contributed by atoms with van der Waals surface area (Å²) in [4.78, 5) is 18.0. The molecule has 2 aliphatic heterocycles. The van der Waals surface area contributed by atoms with E-state index in [2.05, 4.69) is 23.6 Å². The van der Waals surface area contributed by atoms with Crippen molar-refractivity contribution in [2.45, 2.75) is 74.7 Å². The topological polar surface area (TPSA) is 81.1 Å². The lowest BCUT2D eigenvalue weighted by molar-refractivity contribution is 0.601. The van der Waals surface area contributed by atoms with Crippen molar-refractivity contribution in [1.29, 1.82) is 0 Å². The van der Waals surface area contributed by atoms with E-state index in [-0.39, 0.29) is 10.7 Å². The Balaban J connectivity index is 2.10. The molecule has 0 aliphatic carbocycles. The van der Waals surface area contributed by atoms with E-state index in [0.29, 0.717) is 10.9 Å². The molecule has 0 aromatic heterocycles. The summed E-state index contributed by atoms with van der Waals surface area (Å²) >= 11 is 3.32. The number of hydrogen-bond acceptors (Lipinski definition) is 6. The highest BCUT2D eigenvalue weighted by Gasteiger charge is 2.28. The first-order chi connectivity index (χ1) is 14.7. The number of fused-ring (bicyclic) bond motifs is 1. The number of sulfonamides is 1. The zero-order chi connectivity index (χ0) is 22.8. The van der Waals surface area contributed by atoms with E-state index in [9.17, 15) is 13.2 Å². The molecule has 0 fully saturated rings. The van der Waals surface area contributed by atoms with Crippen LogP contribution < -0.4 is 10.4 Å². The summed E-state index contributed by atoms with van der Waals surface area (Å²) in [7, 11) is -3.87. The monoisotopic (exact) mass is 479 g/mol. The Bertz CT molecular complexity index is 1180. The van der Waals surface area contributed by atoms with Crippen LogP contribution in [0.15, 0.2) is 38.2 Å². The molecule has 0 radical (unpaired) electrons. The first-order valence-electron chi connectivity index (χ1n) is 10.5. The van der Waals surface area contributed by atoms with Crippen molar-refractivity contribution in [3.63, 3.8) is 0 Å². The third kappa shape index (κ3) is 5.15. The zero-order valence-corrected chi connectivity index (χ0v) is 21.0. The van der Waals surface area contributed by atoms with Gasteiger partial charge in [0.05, 0.1) is 9.10 Å². The van der Waals surface area contributed by atoms with E-state index in [1.807, 2.05) is 20.8 Å². The van der Waals surface area contributed by atoms with Gasteiger partial charge in [0.25, 0.3) is 10.0 Å². The van der Waals surface area contributed by atoms with Crippen LogP contribution in [0.4, 0.5) is 5.82 Å². The Kier molecular flexibility index (Phi) is 7.49. The number of nitrogens with one attached hydrogen (secondary N) is 1. The van der Waals surface area contributed by atoms with Crippen molar-refractivity contribution in [3.05, 3.63) is 50.9 Å². The Hall–Kier alpha value is -1.84. The van der Waals surface area contributed by atoms with Crippen LogP contribution in [0.25, 0.3) is 5.69 Å². The van der Waals surface area contributed by atoms with Crippen molar-refractivity contribution in [2.24, 2.45) is 0 Å². The summed E-state index contributed by atoms with van der Waals surface area (Å²) in [5.74, 6) is 0.0965. The van der Waals surface area contributed by atoms with Crippen LogP contribution in [0.2, 0.25) is 0 Å². The van der Waals surface area contributed by atoms with Gasteiger partial charge in [-0.2, -0.15) is 4.98 Å². The van der Waals surface area contributed by atoms with Gasteiger partial charge in [0, 0.05) is 15.8 Å². The fourth-order valence-electron chi connectivity index (χ4n) is 3.43. The fourth-order valence-corrected chi connectivity index (χ4v) is 7.53. The quantitative estimate of drug-likeness (QED) is 0.409. The van der Waals surface area contributed by atoms with Gasteiger partial charge in [0.15, 0.2) is 5.82 Å². The molecule has 1 aromatic carbocycles. The van der Waals surface area contributed by atoms with Crippen molar-refractivity contribution in [1.82, 2.24) is 9.55 Å². The second-order valence-electron chi connectivity index (χ2n) is 7.69. The van der Waals surface area contributed by atoms with Crippen LogP contribution in [0.5, 0.6) is 0 Å². The summed E-state index contributed by atoms with van der Waals surface area (Å²) in [6.07, 6.45) is 4.27. The van der Waals surface area contributed by atoms with Gasteiger partial charge in [-0.1, -0.05) is 44.4 Å². The van der Waals surface area contributed by atoms with Crippen LogP contribution in [0, 0.1) is 20.8 Å². The maximum absolute atomic E-state index is 13.0. The average Bonchev–Trinajstić information content (AvgIpc) is 3.02. The van der Waals surface area contributed by atoms with E-state index in [0.717, 1.165) is 46.0 Å². The molecule has 0 unspecified atom stereocenters. The lowest BCUT2D eigenvalue weighted by Gasteiger charge is -2.20. The smallest absolute Gasteiger partial charge is 0.261 e. The molecule has 0 bridgehead atoms. The predicted molar refractivity (Wildman–Crippen MR) is 130 cm³/mol. The Morgan fingerprint density at radius 2 is 1.71 bits per heavy atom. The highest BCUT2D eigenvalue weighted by molar-refractivity contribution is 8.01. The van der Waals surface area contributed by atoms with Gasteiger partial charge in [-0.15, -0.1) is 23.1 Å². The number of benzene rings is 1. The molecule has 0 saturated carbocycles. The zero-order valence-electron chi connectivity index (χ0n) is 18.6. The summed E-state index contributed by atoms with van der Waals surface area (Å²) in [6.45, 7) is 10.1. The molecule has 31 heavy (non-hydrogen) atoms. The van der Waals surface area contributed by atoms with Crippen molar-refractivity contribution < 1.29 is 8.42 Å². The number of rotatable bonds is 9. The van der Waals surface area contributed by atoms with Gasteiger partial charge >= 0.3 is 5.69 Å². The Labute approximate surface area is 192 Å². The normalized spacial score (nSPS) is 12.1.